The number of nitrogens with two attached hydrogens (primary N) is 1. The Morgan fingerprint density at radius 3 is 1.67 bits per heavy atom. The average molecular weight is 285 g/mol. The molecule has 0 saturated carbocycles. The second kappa shape index (κ2) is 13.6. The normalized spacial score (nSPS) is 10.3. The molecule has 0 rings (SSSR count). The number of rotatable bonds is 3. The highest BCUT2D eigenvalue weighted by atomic mass is 31.2. The van der Waals surface area contributed by atoms with E-state index in [0.29, 0.717) is 0 Å². The molecule has 7 N–H and O–H groups in total. The summed E-state index contributed by atoms with van der Waals surface area (Å²) in [5, 5.41) is 15.6. The third kappa shape index (κ3) is 87.5. The van der Waals surface area contributed by atoms with Crippen LogP contribution >= 0.6 is 7.82 Å². The SMILES string of the molecule is C/C=C/C=C/C(=O)O.NCC(=O)O.O=P(O)(O)O. The van der Waals surface area contributed by atoms with Crippen molar-refractivity contribution in [1.29, 1.82) is 0 Å². The quantitative estimate of drug-likeness (QED) is 0.222. The first kappa shape index (κ1) is 21.7. The molecule has 0 radical (unpaired) electrons. The lowest BCUT2D eigenvalue weighted by Gasteiger charge is -1.82. The van der Waals surface area contributed by atoms with Gasteiger partial charge in [0.2, 0.25) is 0 Å². The Morgan fingerprint density at radius 2 is 1.50 bits per heavy atom. The predicted molar refractivity (Wildman–Crippen MR) is 62.5 cm³/mol. The Balaban J connectivity index is -0.000000197. The van der Waals surface area contributed by atoms with Crippen LogP contribution in [0.2, 0.25) is 0 Å². The van der Waals surface area contributed by atoms with Crippen molar-refractivity contribution < 1.29 is 39.0 Å². The molecule has 0 aromatic rings. The minimum absolute atomic E-state index is 0.278. The zero-order valence-electron chi connectivity index (χ0n) is 9.50. The Morgan fingerprint density at radius 1 is 1.17 bits per heavy atom. The van der Waals surface area contributed by atoms with Gasteiger partial charge in [0.1, 0.15) is 0 Å². The van der Waals surface area contributed by atoms with Crippen LogP contribution in [0, 0.1) is 0 Å². The van der Waals surface area contributed by atoms with Crippen molar-refractivity contribution in [2.75, 3.05) is 6.54 Å². The van der Waals surface area contributed by atoms with Gasteiger partial charge in [-0.3, -0.25) is 4.79 Å². The van der Waals surface area contributed by atoms with Gasteiger partial charge in [0.05, 0.1) is 6.54 Å². The largest absolute Gasteiger partial charge is 0.480 e. The van der Waals surface area contributed by atoms with Crippen molar-refractivity contribution in [2.45, 2.75) is 6.92 Å². The second-order valence-corrected chi connectivity index (χ2v) is 3.36. The fourth-order valence-corrected chi connectivity index (χ4v) is 0.249. The summed E-state index contributed by atoms with van der Waals surface area (Å²) in [7, 11) is -4.64. The van der Waals surface area contributed by atoms with Crippen molar-refractivity contribution in [3.8, 4) is 0 Å². The minimum Gasteiger partial charge on any atom is -0.480 e. The number of hydrogen-bond acceptors (Lipinski definition) is 4. The highest BCUT2D eigenvalue weighted by Gasteiger charge is 2.00. The van der Waals surface area contributed by atoms with Gasteiger partial charge in [-0.1, -0.05) is 18.2 Å². The van der Waals surface area contributed by atoms with Crippen LogP contribution < -0.4 is 5.73 Å². The molecule has 0 aromatic heterocycles. The Bertz CT molecular complexity index is 324. The van der Waals surface area contributed by atoms with E-state index in [1.807, 2.05) is 6.92 Å². The van der Waals surface area contributed by atoms with Gasteiger partial charge >= 0.3 is 19.8 Å². The van der Waals surface area contributed by atoms with E-state index in [4.69, 9.17) is 29.5 Å². The van der Waals surface area contributed by atoms with E-state index in [9.17, 15) is 9.59 Å². The number of aliphatic carboxylic acids is 2. The van der Waals surface area contributed by atoms with Crippen LogP contribution in [-0.2, 0) is 14.2 Å². The van der Waals surface area contributed by atoms with E-state index in [1.54, 1.807) is 12.2 Å². The summed E-state index contributed by atoms with van der Waals surface area (Å²) >= 11 is 0. The maximum Gasteiger partial charge on any atom is 0.466 e. The molecule has 0 unspecified atom stereocenters. The average Bonchev–Trinajstić information content (AvgIpc) is 2.16. The lowest BCUT2D eigenvalue weighted by Crippen LogP contribution is -2.10. The maximum atomic E-state index is 9.75. The fraction of sp³-hybridized carbons (Fsp3) is 0.250. The summed E-state index contributed by atoms with van der Waals surface area (Å²) in [6, 6.07) is 0. The molecule has 0 bridgehead atoms. The van der Waals surface area contributed by atoms with Crippen LogP contribution in [0.15, 0.2) is 24.3 Å². The zero-order chi connectivity index (χ0) is 15.2. The summed E-state index contributed by atoms with van der Waals surface area (Å²) in [5.41, 5.74) is 4.57. The first-order valence-electron chi connectivity index (χ1n) is 4.27. The van der Waals surface area contributed by atoms with Gasteiger partial charge < -0.3 is 30.6 Å². The van der Waals surface area contributed by atoms with Gasteiger partial charge in [0, 0.05) is 6.08 Å². The predicted octanol–water partition coefficient (Wildman–Crippen LogP) is -0.696. The monoisotopic (exact) mass is 285 g/mol. The highest BCUT2D eigenvalue weighted by molar-refractivity contribution is 7.45. The zero-order valence-corrected chi connectivity index (χ0v) is 10.4. The number of hydrogen-bond donors (Lipinski definition) is 6. The summed E-state index contributed by atoms with van der Waals surface area (Å²) in [4.78, 5) is 40.6. The molecule has 0 aromatic carbocycles. The lowest BCUT2D eigenvalue weighted by molar-refractivity contribution is -0.135. The van der Waals surface area contributed by atoms with Gasteiger partial charge in [-0.15, -0.1) is 0 Å². The van der Waals surface area contributed by atoms with Crippen LogP contribution in [0.3, 0.4) is 0 Å². The summed E-state index contributed by atoms with van der Waals surface area (Å²) in [6.07, 6.45) is 5.98. The van der Waals surface area contributed by atoms with Gasteiger partial charge in [-0.05, 0) is 6.92 Å². The Hall–Kier alpha value is -1.51. The lowest BCUT2D eigenvalue weighted by atomic mass is 10.4. The third-order valence-electron chi connectivity index (χ3n) is 0.717. The molecule has 106 valence electrons. The molecule has 0 spiro atoms. The van der Waals surface area contributed by atoms with E-state index in [-0.39, 0.29) is 6.54 Å². The first-order valence-corrected chi connectivity index (χ1v) is 5.83. The van der Waals surface area contributed by atoms with Crippen LogP contribution in [0.5, 0.6) is 0 Å². The van der Waals surface area contributed by atoms with Crippen LogP contribution in [-0.4, -0.2) is 43.4 Å². The van der Waals surface area contributed by atoms with Gasteiger partial charge in [-0.25, -0.2) is 9.36 Å². The smallest absolute Gasteiger partial charge is 0.466 e. The molecule has 0 fully saturated rings. The fourth-order valence-electron chi connectivity index (χ4n) is 0.249. The summed E-state index contributed by atoms with van der Waals surface area (Å²) in [5.74, 6) is -1.88. The third-order valence-corrected chi connectivity index (χ3v) is 0.717. The van der Waals surface area contributed by atoms with Crippen molar-refractivity contribution in [1.82, 2.24) is 0 Å². The number of phosphoric acid groups is 1. The van der Waals surface area contributed by atoms with Crippen molar-refractivity contribution >= 4 is 19.8 Å². The van der Waals surface area contributed by atoms with E-state index in [1.165, 1.54) is 6.08 Å². The topological polar surface area (TPSA) is 178 Å². The molecule has 0 aliphatic rings. The van der Waals surface area contributed by atoms with E-state index < -0.39 is 19.8 Å². The molecule has 0 aliphatic heterocycles. The van der Waals surface area contributed by atoms with Crippen molar-refractivity contribution in [2.24, 2.45) is 5.73 Å². The summed E-state index contributed by atoms with van der Waals surface area (Å²) in [6.45, 7) is 1.55. The van der Waals surface area contributed by atoms with E-state index in [0.717, 1.165) is 6.08 Å². The van der Waals surface area contributed by atoms with E-state index >= 15 is 0 Å². The second-order valence-electron chi connectivity index (χ2n) is 2.33. The molecule has 9 nitrogen and oxygen atoms in total. The molecule has 0 amide bonds. The molecule has 0 aliphatic carbocycles. The highest BCUT2D eigenvalue weighted by Crippen LogP contribution is 2.25. The van der Waals surface area contributed by atoms with Gasteiger partial charge in [0.25, 0.3) is 0 Å². The van der Waals surface area contributed by atoms with Crippen LogP contribution in [0.1, 0.15) is 6.92 Å². The molecule has 10 heteroatoms. The van der Waals surface area contributed by atoms with Crippen LogP contribution in [0.4, 0.5) is 0 Å². The van der Waals surface area contributed by atoms with E-state index in [2.05, 4.69) is 5.73 Å². The molecular formula is C8H16NO8P. The molecule has 0 saturated heterocycles. The number of carboxylic acids is 2. The molecular weight excluding hydrogens is 269 g/mol. The summed E-state index contributed by atoms with van der Waals surface area (Å²) < 4.78 is 8.88. The van der Waals surface area contributed by atoms with Crippen molar-refractivity contribution in [3.63, 3.8) is 0 Å². The Labute approximate surface area is 103 Å². The Kier molecular flexibility index (Phi) is 16.4. The number of allylic oxidation sites excluding steroid dienone is 3. The molecule has 18 heavy (non-hydrogen) atoms. The molecule has 0 heterocycles. The van der Waals surface area contributed by atoms with Crippen LogP contribution in [0.25, 0.3) is 0 Å². The maximum absolute atomic E-state index is 9.75. The van der Waals surface area contributed by atoms with Gasteiger partial charge in [-0.2, -0.15) is 0 Å². The standard InChI is InChI=1S/C6H8O2.C2H5NO2.H3O4P/c1-2-3-4-5-6(7)8;3-1-2(4)5;1-5(2,3)4/h2-5H,1H3,(H,7,8);1,3H2,(H,4,5);(H3,1,2,3,4)/b3-2+,5-4+;;. The number of carboxylic acid groups (broad SMARTS) is 2. The van der Waals surface area contributed by atoms with Crippen molar-refractivity contribution in [3.05, 3.63) is 24.3 Å². The number of carbonyl (C=O) groups is 2. The molecule has 0 atom stereocenters. The van der Waals surface area contributed by atoms with Gasteiger partial charge in [0.15, 0.2) is 0 Å². The minimum atomic E-state index is -4.64. The first-order chi connectivity index (χ1) is 8.04.